The van der Waals surface area contributed by atoms with Crippen LogP contribution in [0, 0.1) is 0 Å². The molecule has 1 amide bonds. The van der Waals surface area contributed by atoms with Crippen molar-refractivity contribution < 1.29 is 28.0 Å². The normalized spacial score (nSPS) is 14.0. The third kappa shape index (κ3) is 35.2. The number of carbonyl (C=O) groups excluding carboxylic acids is 1. The van der Waals surface area contributed by atoms with Gasteiger partial charge in [0.15, 0.2) is 0 Å². The number of amides is 1. The molecule has 0 radical (unpaired) electrons. The Kier molecular flexibility index (Phi) is 34.7. The quantitative estimate of drug-likeness (QED) is 0.0286. The van der Waals surface area contributed by atoms with Crippen LogP contribution in [0.4, 0.5) is 0 Å². The molecule has 7 nitrogen and oxygen atoms in total. The number of aliphatic hydroxyl groups excluding tert-OH is 2. The van der Waals surface area contributed by atoms with Crippen molar-refractivity contribution in [3.05, 3.63) is 12.2 Å². The van der Waals surface area contributed by atoms with Gasteiger partial charge < -0.3 is 15.5 Å². The molecule has 0 rings (SSSR count). The third-order valence-corrected chi connectivity index (χ3v) is 10.6. The minimum absolute atomic E-state index is 0.286. The minimum Gasteiger partial charge on any atom is -0.387 e. The van der Waals surface area contributed by atoms with E-state index in [0.717, 1.165) is 38.5 Å². The van der Waals surface area contributed by atoms with Gasteiger partial charge in [-0.1, -0.05) is 212 Å². The molecule has 0 aliphatic rings. The van der Waals surface area contributed by atoms with Crippen LogP contribution in [0.2, 0.25) is 0 Å². The van der Waals surface area contributed by atoms with Crippen molar-refractivity contribution in [3.63, 3.8) is 0 Å². The summed E-state index contributed by atoms with van der Waals surface area (Å²) in [7, 11) is -4.44. The number of carbonyl (C=O) groups is 1. The van der Waals surface area contributed by atoms with Crippen LogP contribution in [-0.4, -0.2) is 53.1 Å². The highest BCUT2D eigenvalue weighted by Gasteiger charge is 2.27. The Morgan fingerprint density at radius 3 is 1.22 bits per heavy atom. The molecule has 3 atom stereocenters. The molecule has 3 unspecified atom stereocenters. The van der Waals surface area contributed by atoms with Crippen molar-refractivity contribution >= 4 is 16.0 Å². The molecule has 4 N–H and O–H groups in total. The van der Waals surface area contributed by atoms with Gasteiger partial charge in [0.2, 0.25) is 5.91 Å². The fourth-order valence-corrected chi connectivity index (χ4v) is 7.31. The monoisotopic (exact) mass is 716 g/mol. The first kappa shape index (κ1) is 48.0. The highest BCUT2D eigenvalue weighted by atomic mass is 32.2. The summed E-state index contributed by atoms with van der Waals surface area (Å²) in [6.07, 6.45) is 39.8. The van der Waals surface area contributed by atoms with Crippen LogP contribution in [0.25, 0.3) is 0 Å². The van der Waals surface area contributed by atoms with E-state index in [1.165, 1.54) is 160 Å². The van der Waals surface area contributed by atoms with Crippen molar-refractivity contribution in [2.24, 2.45) is 0 Å². The average molecular weight is 716 g/mol. The number of nitrogens with one attached hydrogen (secondary N) is 1. The Bertz CT molecular complexity index is 849. The van der Waals surface area contributed by atoms with Crippen molar-refractivity contribution in [1.82, 2.24) is 5.32 Å². The zero-order chi connectivity index (χ0) is 36.3. The zero-order valence-electron chi connectivity index (χ0n) is 32.2. The van der Waals surface area contributed by atoms with E-state index in [1.807, 2.05) is 0 Å². The van der Waals surface area contributed by atoms with Crippen LogP contribution in [0.3, 0.4) is 0 Å². The number of allylic oxidation sites excluding steroid dienone is 1. The largest absolute Gasteiger partial charge is 0.387 e. The number of rotatable bonds is 38. The second-order valence-corrected chi connectivity index (χ2v) is 16.3. The summed E-state index contributed by atoms with van der Waals surface area (Å²) in [6.45, 7) is 4.51. The minimum atomic E-state index is -4.44. The molecular weight excluding hydrogens is 635 g/mol. The van der Waals surface area contributed by atoms with E-state index < -0.39 is 40.0 Å². The first-order valence-corrected chi connectivity index (χ1v) is 22.6. The molecule has 49 heavy (non-hydrogen) atoms. The van der Waals surface area contributed by atoms with E-state index >= 15 is 0 Å². The van der Waals surface area contributed by atoms with Gasteiger partial charge in [0.1, 0.15) is 6.10 Å². The summed E-state index contributed by atoms with van der Waals surface area (Å²) in [4.78, 5) is 12.6. The van der Waals surface area contributed by atoms with E-state index in [2.05, 4.69) is 19.2 Å². The Balaban J connectivity index is 4.01. The van der Waals surface area contributed by atoms with E-state index in [4.69, 9.17) is 0 Å². The van der Waals surface area contributed by atoms with Crippen molar-refractivity contribution in [1.29, 1.82) is 0 Å². The third-order valence-electron chi connectivity index (χ3n) is 9.82. The van der Waals surface area contributed by atoms with Crippen LogP contribution in [-0.2, 0) is 14.9 Å². The summed E-state index contributed by atoms with van der Waals surface area (Å²) in [5.41, 5.74) is 0. The van der Waals surface area contributed by atoms with Crippen molar-refractivity contribution in [3.8, 4) is 0 Å². The van der Waals surface area contributed by atoms with Crippen LogP contribution < -0.4 is 5.32 Å². The van der Waals surface area contributed by atoms with Crippen LogP contribution in [0.5, 0.6) is 0 Å². The Hall–Kier alpha value is -0.960. The topological polar surface area (TPSA) is 124 Å². The predicted molar refractivity (Wildman–Crippen MR) is 209 cm³/mol. The Labute approximate surface area is 304 Å². The first-order chi connectivity index (χ1) is 23.7. The maximum Gasteiger partial charge on any atom is 0.267 e. The average Bonchev–Trinajstić information content (AvgIpc) is 3.06. The smallest absolute Gasteiger partial charge is 0.267 e. The molecule has 0 bridgehead atoms. The zero-order valence-corrected chi connectivity index (χ0v) is 33.0. The second-order valence-electron chi connectivity index (χ2n) is 14.8. The van der Waals surface area contributed by atoms with Gasteiger partial charge in [-0.05, 0) is 19.3 Å². The second kappa shape index (κ2) is 35.4. The van der Waals surface area contributed by atoms with Crippen LogP contribution >= 0.6 is 0 Å². The Morgan fingerprint density at radius 2 is 0.878 bits per heavy atom. The van der Waals surface area contributed by atoms with E-state index in [-0.39, 0.29) is 6.42 Å². The molecule has 8 heteroatoms. The lowest BCUT2D eigenvalue weighted by atomic mass is 10.0. The molecule has 0 aromatic heterocycles. The summed E-state index contributed by atoms with van der Waals surface area (Å²) >= 11 is 0. The molecule has 0 saturated carbocycles. The number of hydrogen-bond acceptors (Lipinski definition) is 5. The first-order valence-electron chi connectivity index (χ1n) is 21.0. The maximum absolute atomic E-state index is 12.6. The summed E-state index contributed by atoms with van der Waals surface area (Å²) in [5.74, 6) is -1.52. The molecule has 0 heterocycles. The van der Waals surface area contributed by atoms with Gasteiger partial charge in [0, 0.05) is 0 Å². The van der Waals surface area contributed by atoms with Gasteiger partial charge in [-0.25, -0.2) is 0 Å². The lowest BCUT2D eigenvalue weighted by Crippen LogP contribution is -2.50. The van der Waals surface area contributed by atoms with Gasteiger partial charge in [-0.3, -0.25) is 9.35 Å². The van der Waals surface area contributed by atoms with Gasteiger partial charge in [-0.15, -0.1) is 0 Å². The molecule has 0 aliphatic heterocycles. The SMILES string of the molecule is CCCCCCCCCCCCCCCC/C=C/C(O)C(CS(=O)(=O)O)NC(=O)C(O)CCCCCCCCCCCCCCCCCC. The molecule has 0 saturated heterocycles. The van der Waals surface area contributed by atoms with Crippen LogP contribution in [0.1, 0.15) is 219 Å². The van der Waals surface area contributed by atoms with Crippen LogP contribution in [0.15, 0.2) is 12.2 Å². The van der Waals surface area contributed by atoms with Gasteiger partial charge in [0.05, 0.1) is 17.9 Å². The van der Waals surface area contributed by atoms with Gasteiger partial charge >= 0.3 is 0 Å². The molecule has 0 fully saturated rings. The molecule has 0 aromatic carbocycles. The summed E-state index contributed by atoms with van der Waals surface area (Å²) in [6, 6.07) is -1.23. The maximum atomic E-state index is 12.6. The molecule has 0 aliphatic carbocycles. The van der Waals surface area contributed by atoms with Gasteiger partial charge in [0.25, 0.3) is 10.1 Å². The number of unbranched alkanes of at least 4 members (excludes halogenated alkanes) is 29. The molecule has 292 valence electrons. The number of hydrogen-bond donors (Lipinski definition) is 4. The predicted octanol–water partition coefficient (Wildman–Crippen LogP) is 11.2. The highest BCUT2D eigenvalue weighted by Crippen LogP contribution is 2.16. The lowest BCUT2D eigenvalue weighted by molar-refractivity contribution is -0.130. The number of aliphatic hydroxyl groups is 2. The van der Waals surface area contributed by atoms with Crippen molar-refractivity contribution in [2.45, 2.75) is 238 Å². The molecule has 0 aromatic rings. The summed E-state index contributed by atoms with van der Waals surface area (Å²) < 4.78 is 32.5. The Morgan fingerprint density at radius 1 is 0.551 bits per heavy atom. The van der Waals surface area contributed by atoms with E-state index in [0.29, 0.717) is 6.42 Å². The summed E-state index contributed by atoms with van der Waals surface area (Å²) in [5, 5.41) is 23.4. The molecular formula is C41H81NO6S. The fraction of sp³-hybridized carbons (Fsp3) is 0.927. The molecule has 0 spiro atoms. The highest BCUT2D eigenvalue weighted by molar-refractivity contribution is 7.85. The standard InChI is InChI=1S/C41H81NO6S/c1-3-5-7-9-11-13-15-17-19-21-23-25-27-29-31-33-35-39(43)38(37-49(46,47)48)42-41(45)40(44)36-34-32-30-28-26-24-22-20-18-16-14-12-10-8-6-4-2/h33,35,38-40,43-44H,3-32,34,36-37H2,1-2H3,(H,42,45)(H,46,47,48)/b35-33+. The van der Waals surface area contributed by atoms with E-state index in [1.54, 1.807) is 6.08 Å². The van der Waals surface area contributed by atoms with E-state index in [9.17, 15) is 28.0 Å². The lowest BCUT2D eigenvalue weighted by Gasteiger charge is -2.22. The fourth-order valence-electron chi connectivity index (χ4n) is 6.57. The van der Waals surface area contributed by atoms with Crippen molar-refractivity contribution in [2.75, 3.05) is 5.75 Å². The van der Waals surface area contributed by atoms with Gasteiger partial charge in [-0.2, -0.15) is 8.42 Å².